The number of para-hydroxylation sites is 1. The fraction of sp³-hybridized carbons (Fsp3) is 0.393. The van der Waals surface area contributed by atoms with Gasteiger partial charge in [-0.25, -0.2) is 4.79 Å². The number of aryl methyl sites for hydroxylation is 1. The van der Waals surface area contributed by atoms with Gasteiger partial charge < -0.3 is 20.1 Å². The van der Waals surface area contributed by atoms with Crippen LogP contribution in [0.3, 0.4) is 0 Å². The van der Waals surface area contributed by atoms with Crippen LogP contribution in [0.15, 0.2) is 46.8 Å². The number of benzene rings is 1. The number of carbonyl (C=O) groups excluding carboxylic acids is 3. The molecule has 2 heterocycles. The molecule has 2 aliphatic carbocycles. The van der Waals surface area contributed by atoms with Crippen LogP contribution in [0.2, 0.25) is 0 Å². The van der Waals surface area contributed by atoms with E-state index in [1.165, 1.54) is 18.4 Å². The van der Waals surface area contributed by atoms with E-state index >= 15 is 0 Å². The Morgan fingerprint density at radius 2 is 1.83 bits per heavy atom. The van der Waals surface area contributed by atoms with Crippen LogP contribution in [0.4, 0.5) is 5.00 Å². The second kappa shape index (κ2) is 9.93. The fourth-order valence-electron chi connectivity index (χ4n) is 5.64. The van der Waals surface area contributed by atoms with E-state index in [1.807, 2.05) is 31.2 Å². The molecular formula is C28H30N2O5S. The number of rotatable bonds is 5. The molecule has 1 amide bonds. The van der Waals surface area contributed by atoms with Crippen molar-refractivity contribution in [3.63, 3.8) is 0 Å². The highest BCUT2D eigenvalue weighted by Crippen LogP contribution is 2.46. The molecule has 5 rings (SSSR count). The molecule has 0 radical (unpaired) electrons. The number of methoxy groups -OCH3 is 2. The van der Waals surface area contributed by atoms with Gasteiger partial charge in [-0.2, -0.15) is 0 Å². The van der Waals surface area contributed by atoms with E-state index in [1.54, 1.807) is 7.11 Å². The maximum absolute atomic E-state index is 14.0. The second-order valence-corrected chi connectivity index (χ2v) is 10.5. The van der Waals surface area contributed by atoms with Gasteiger partial charge >= 0.3 is 5.97 Å². The van der Waals surface area contributed by atoms with Crippen LogP contribution in [-0.4, -0.2) is 31.9 Å². The van der Waals surface area contributed by atoms with E-state index in [2.05, 4.69) is 10.6 Å². The zero-order chi connectivity index (χ0) is 25.4. The van der Waals surface area contributed by atoms with Gasteiger partial charge in [-0.3, -0.25) is 9.59 Å². The molecule has 1 aromatic heterocycles. The van der Waals surface area contributed by atoms with Gasteiger partial charge in [0.15, 0.2) is 5.78 Å². The molecule has 0 saturated heterocycles. The molecule has 8 heteroatoms. The van der Waals surface area contributed by atoms with Gasteiger partial charge in [0.05, 0.1) is 25.7 Å². The summed E-state index contributed by atoms with van der Waals surface area (Å²) in [6.45, 7) is 1.86. The average molecular weight is 507 g/mol. The number of carbonyl (C=O) groups is 3. The first-order chi connectivity index (χ1) is 17.4. The van der Waals surface area contributed by atoms with Gasteiger partial charge in [-0.05, 0) is 57.1 Å². The number of ether oxygens (including phenoxy) is 2. The first kappa shape index (κ1) is 24.3. The molecule has 188 valence electrons. The van der Waals surface area contributed by atoms with Crippen molar-refractivity contribution in [2.24, 2.45) is 0 Å². The van der Waals surface area contributed by atoms with Crippen LogP contribution in [0.25, 0.3) is 0 Å². The van der Waals surface area contributed by atoms with Crippen molar-refractivity contribution in [1.82, 2.24) is 5.32 Å². The third-order valence-corrected chi connectivity index (χ3v) is 8.47. The van der Waals surface area contributed by atoms with Crippen LogP contribution in [0.5, 0.6) is 5.75 Å². The highest BCUT2D eigenvalue weighted by atomic mass is 32.1. The van der Waals surface area contributed by atoms with E-state index in [-0.39, 0.29) is 11.7 Å². The summed E-state index contributed by atoms with van der Waals surface area (Å²) in [5.74, 6) is -0.689. The van der Waals surface area contributed by atoms with E-state index in [9.17, 15) is 14.4 Å². The number of hydrogen-bond acceptors (Lipinski definition) is 7. The Labute approximate surface area is 214 Å². The van der Waals surface area contributed by atoms with Gasteiger partial charge in [0.2, 0.25) is 0 Å². The molecular weight excluding hydrogens is 476 g/mol. The first-order valence-corrected chi connectivity index (χ1v) is 13.2. The van der Waals surface area contributed by atoms with Gasteiger partial charge in [-0.15, -0.1) is 11.3 Å². The molecule has 0 bridgehead atoms. The highest BCUT2D eigenvalue weighted by Gasteiger charge is 2.40. The van der Waals surface area contributed by atoms with Crippen LogP contribution in [0, 0.1) is 0 Å². The van der Waals surface area contributed by atoms with Crippen molar-refractivity contribution in [3.8, 4) is 5.75 Å². The summed E-state index contributed by atoms with van der Waals surface area (Å²) in [7, 11) is 2.95. The van der Waals surface area contributed by atoms with E-state index in [4.69, 9.17) is 9.47 Å². The minimum atomic E-state index is -0.568. The molecule has 0 spiro atoms. The minimum Gasteiger partial charge on any atom is -0.496 e. The predicted molar refractivity (Wildman–Crippen MR) is 138 cm³/mol. The number of amides is 1. The van der Waals surface area contributed by atoms with Crippen LogP contribution in [0.1, 0.15) is 71.3 Å². The molecule has 2 N–H and O–H groups in total. The number of hydrogen-bond donors (Lipinski definition) is 2. The monoisotopic (exact) mass is 506 g/mol. The number of thiophene rings is 1. The molecule has 0 unspecified atom stereocenters. The number of esters is 1. The molecule has 36 heavy (non-hydrogen) atoms. The lowest BCUT2D eigenvalue weighted by Gasteiger charge is -2.35. The lowest BCUT2D eigenvalue weighted by Crippen LogP contribution is -2.35. The Morgan fingerprint density at radius 1 is 1.06 bits per heavy atom. The van der Waals surface area contributed by atoms with Gasteiger partial charge in [-0.1, -0.05) is 18.2 Å². The molecule has 1 aromatic carbocycles. The van der Waals surface area contributed by atoms with Gasteiger partial charge in [0.25, 0.3) is 5.91 Å². The smallest absolute Gasteiger partial charge is 0.341 e. The summed E-state index contributed by atoms with van der Waals surface area (Å²) in [6, 6.07) is 7.52. The standard InChI is InChI=1S/C28H30N2O5S/c1-15-22(26(32)30-27-24(28(33)35-3)17-10-5-7-14-21(17)36-27)23(16-9-4-6-13-20(16)34-2)25-18(29-15)11-8-12-19(25)31/h4,6,9,13,23,29H,5,7-8,10-12,14H2,1-3H3,(H,30,32)/t23-/m0/s1. The fourth-order valence-corrected chi connectivity index (χ4v) is 6.92. The zero-order valence-electron chi connectivity index (χ0n) is 20.8. The van der Waals surface area contributed by atoms with E-state index < -0.39 is 11.9 Å². The summed E-state index contributed by atoms with van der Waals surface area (Å²) in [4.78, 5) is 41.1. The summed E-state index contributed by atoms with van der Waals surface area (Å²) in [5, 5.41) is 6.89. The lowest BCUT2D eigenvalue weighted by molar-refractivity contribution is -0.116. The molecule has 1 atom stereocenters. The third kappa shape index (κ3) is 4.13. The highest BCUT2D eigenvalue weighted by molar-refractivity contribution is 7.17. The Morgan fingerprint density at radius 3 is 2.61 bits per heavy atom. The topological polar surface area (TPSA) is 93.7 Å². The van der Waals surface area contributed by atoms with Crippen molar-refractivity contribution < 1.29 is 23.9 Å². The Bertz CT molecular complexity index is 1320. The molecule has 2 aromatic rings. The van der Waals surface area contributed by atoms with Crippen molar-refractivity contribution in [3.05, 3.63) is 68.4 Å². The van der Waals surface area contributed by atoms with Crippen LogP contribution in [-0.2, 0) is 27.2 Å². The molecule has 3 aliphatic rings. The summed E-state index contributed by atoms with van der Waals surface area (Å²) >= 11 is 1.45. The molecule has 1 aliphatic heterocycles. The van der Waals surface area contributed by atoms with E-state index in [0.717, 1.165) is 60.2 Å². The predicted octanol–water partition coefficient (Wildman–Crippen LogP) is 5.03. The molecule has 0 saturated carbocycles. The third-order valence-electron chi connectivity index (χ3n) is 7.26. The van der Waals surface area contributed by atoms with E-state index in [0.29, 0.717) is 39.6 Å². The average Bonchev–Trinajstić information content (AvgIpc) is 3.25. The van der Waals surface area contributed by atoms with Crippen molar-refractivity contribution in [2.45, 2.75) is 57.8 Å². The maximum atomic E-state index is 14.0. The number of dihydropyridines is 1. The number of ketones is 1. The number of anilines is 1. The van der Waals surface area contributed by atoms with Crippen LogP contribution >= 0.6 is 11.3 Å². The van der Waals surface area contributed by atoms with Crippen molar-refractivity contribution >= 4 is 34.0 Å². The number of allylic oxidation sites excluding steroid dienone is 3. The number of nitrogens with one attached hydrogen (secondary N) is 2. The summed E-state index contributed by atoms with van der Waals surface area (Å²) in [6.07, 6.45) is 5.73. The Balaban J connectivity index is 1.60. The number of Topliss-reactive ketones (excluding diaryl/α,β-unsaturated/α-hetero) is 1. The normalized spacial score (nSPS) is 19.3. The van der Waals surface area contributed by atoms with Gasteiger partial charge in [0, 0.05) is 39.4 Å². The Kier molecular flexibility index (Phi) is 6.71. The molecule has 7 nitrogen and oxygen atoms in total. The summed E-state index contributed by atoms with van der Waals surface area (Å²) in [5.41, 5.74) is 4.85. The maximum Gasteiger partial charge on any atom is 0.341 e. The largest absolute Gasteiger partial charge is 0.496 e. The number of fused-ring (bicyclic) bond motifs is 1. The zero-order valence-corrected chi connectivity index (χ0v) is 21.6. The molecule has 0 fully saturated rings. The summed E-state index contributed by atoms with van der Waals surface area (Å²) < 4.78 is 10.7. The quantitative estimate of drug-likeness (QED) is 0.553. The van der Waals surface area contributed by atoms with Crippen molar-refractivity contribution in [2.75, 3.05) is 19.5 Å². The second-order valence-electron chi connectivity index (χ2n) is 9.37. The first-order valence-electron chi connectivity index (χ1n) is 12.4. The SMILES string of the molecule is COC(=O)c1c(NC(=O)C2=C(C)NC3=C(C(=O)CCC3)[C@H]2c2ccccc2OC)sc2c1CCCC2. The van der Waals surface area contributed by atoms with Gasteiger partial charge in [0.1, 0.15) is 10.8 Å². The minimum absolute atomic E-state index is 0.0410. The lowest BCUT2D eigenvalue weighted by atomic mass is 9.74. The van der Waals surface area contributed by atoms with Crippen LogP contribution < -0.4 is 15.4 Å². The van der Waals surface area contributed by atoms with Crippen molar-refractivity contribution in [1.29, 1.82) is 0 Å². The Hall–Kier alpha value is -3.39.